The normalized spacial score (nSPS) is 25.6. The second-order valence-corrected chi connectivity index (χ2v) is 6.56. The number of imidazole rings is 1. The second-order valence-electron chi connectivity index (χ2n) is 5.80. The monoisotopic (exact) mass is 349 g/mol. The molecule has 21 heavy (non-hydrogen) atoms. The minimum Gasteiger partial charge on any atom is -0.382 e. The molecule has 2 unspecified atom stereocenters. The predicted octanol–water partition coefficient (Wildman–Crippen LogP) is 1.94. The lowest BCUT2D eigenvalue weighted by Crippen LogP contribution is -2.41. The van der Waals surface area contributed by atoms with E-state index in [1.54, 1.807) is 6.20 Å². The van der Waals surface area contributed by atoms with Gasteiger partial charge in [0.25, 0.3) is 0 Å². The number of rotatable bonds is 1. The number of hydrogen-bond donors (Lipinski definition) is 1. The number of amides is 1. The van der Waals surface area contributed by atoms with Crippen molar-refractivity contribution in [1.82, 2.24) is 19.3 Å². The minimum atomic E-state index is 0.254. The maximum absolute atomic E-state index is 12.0. The van der Waals surface area contributed by atoms with Crippen LogP contribution < -0.4 is 5.73 Å². The molecule has 2 aliphatic rings. The van der Waals surface area contributed by atoms with Gasteiger partial charge in [0.2, 0.25) is 5.91 Å². The summed E-state index contributed by atoms with van der Waals surface area (Å²) in [5, 5.41) is 0. The number of hydrogen-bond acceptors (Lipinski definition) is 4. The van der Waals surface area contributed by atoms with Gasteiger partial charge in [0.15, 0.2) is 5.82 Å². The number of aromatic nitrogens is 3. The Hall–Kier alpha value is -1.63. The first-order valence-corrected chi connectivity index (χ1v) is 8.02. The van der Waals surface area contributed by atoms with Crippen molar-refractivity contribution < 1.29 is 4.79 Å². The number of fused-ring (bicyclic) bond motifs is 2. The molecule has 2 aromatic rings. The molecule has 4 rings (SSSR count). The van der Waals surface area contributed by atoms with Crippen LogP contribution in [-0.2, 0) is 4.79 Å². The molecule has 0 spiro atoms. The van der Waals surface area contributed by atoms with Gasteiger partial charge in [-0.3, -0.25) is 9.20 Å². The molecule has 7 heteroatoms. The summed E-state index contributed by atoms with van der Waals surface area (Å²) in [6.07, 6.45) is 7.39. The molecule has 0 radical (unpaired) electrons. The smallest absolute Gasteiger partial charge is 0.222 e. The van der Waals surface area contributed by atoms with E-state index in [0.717, 1.165) is 41.8 Å². The van der Waals surface area contributed by atoms with Crippen molar-refractivity contribution in [2.75, 3.05) is 12.3 Å². The summed E-state index contributed by atoms with van der Waals surface area (Å²) >= 11 is 3.47. The van der Waals surface area contributed by atoms with E-state index in [9.17, 15) is 4.79 Å². The molecule has 0 aliphatic carbocycles. The molecule has 2 aliphatic heterocycles. The third kappa shape index (κ3) is 1.94. The van der Waals surface area contributed by atoms with E-state index in [2.05, 4.69) is 25.9 Å². The molecule has 2 atom stereocenters. The van der Waals surface area contributed by atoms with Gasteiger partial charge in [-0.15, -0.1) is 0 Å². The molecule has 110 valence electrons. The first-order valence-electron chi connectivity index (χ1n) is 7.22. The Kier molecular flexibility index (Phi) is 2.92. The van der Waals surface area contributed by atoms with Crippen LogP contribution in [0.15, 0.2) is 17.0 Å². The van der Waals surface area contributed by atoms with Gasteiger partial charge < -0.3 is 10.6 Å². The largest absolute Gasteiger partial charge is 0.382 e. The molecule has 2 saturated heterocycles. The Labute approximate surface area is 130 Å². The molecule has 4 heterocycles. The lowest BCUT2D eigenvalue weighted by Gasteiger charge is -2.34. The Balaban J connectivity index is 1.74. The highest BCUT2D eigenvalue weighted by atomic mass is 79.9. The van der Waals surface area contributed by atoms with Gasteiger partial charge in [-0.25, -0.2) is 9.97 Å². The van der Waals surface area contributed by atoms with Gasteiger partial charge in [0.1, 0.15) is 15.9 Å². The quantitative estimate of drug-likeness (QED) is 0.853. The number of piperidine rings is 1. The van der Waals surface area contributed by atoms with E-state index >= 15 is 0 Å². The minimum absolute atomic E-state index is 0.254. The molecular formula is C14H16BrN5O. The lowest BCUT2D eigenvalue weighted by molar-refractivity contribution is -0.130. The predicted molar refractivity (Wildman–Crippen MR) is 81.8 cm³/mol. The molecule has 2 aromatic heterocycles. The van der Waals surface area contributed by atoms with E-state index in [-0.39, 0.29) is 11.8 Å². The Morgan fingerprint density at radius 1 is 1.33 bits per heavy atom. The fourth-order valence-electron chi connectivity index (χ4n) is 3.61. The summed E-state index contributed by atoms with van der Waals surface area (Å²) in [6.45, 7) is 0.761. The highest BCUT2D eigenvalue weighted by Gasteiger charge is 2.38. The van der Waals surface area contributed by atoms with Crippen molar-refractivity contribution in [3.8, 4) is 0 Å². The number of nitrogen functional groups attached to an aromatic ring is 1. The van der Waals surface area contributed by atoms with Crippen LogP contribution in [-0.4, -0.2) is 37.8 Å². The first kappa shape index (κ1) is 13.1. The number of nitrogens with zero attached hydrogens (tertiary/aromatic N) is 4. The van der Waals surface area contributed by atoms with E-state index in [1.807, 2.05) is 15.5 Å². The molecule has 0 bridgehead atoms. The van der Waals surface area contributed by atoms with Crippen molar-refractivity contribution in [1.29, 1.82) is 0 Å². The molecule has 6 nitrogen and oxygen atoms in total. The average Bonchev–Trinajstić information content (AvgIpc) is 3.01. The van der Waals surface area contributed by atoms with Gasteiger partial charge in [0.05, 0.1) is 0 Å². The van der Waals surface area contributed by atoms with Crippen LogP contribution in [0, 0.1) is 0 Å². The van der Waals surface area contributed by atoms with Gasteiger partial charge in [-0.2, -0.15) is 0 Å². The summed E-state index contributed by atoms with van der Waals surface area (Å²) in [5.74, 6) is 1.97. The van der Waals surface area contributed by atoms with Gasteiger partial charge in [0, 0.05) is 37.3 Å². The van der Waals surface area contributed by atoms with Gasteiger partial charge in [-0.05, 0) is 35.2 Å². The maximum Gasteiger partial charge on any atom is 0.222 e. The summed E-state index contributed by atoms with van der Waals surface area (Å²) < 4.78 is 2.72. The summed E-state index contributed by atoms with van der Waals surface area (Å²) in [7, 11) is 0. The average molecular weight is 350 g/mol. The fourth-order valence-corrected chi connectivity index (χ4v) is 4.18. The molecule has 0 aromatic carbocycles. The number of halogens is 1. The molecule has 2 fully saturated rings. The van der Waals surface area contributed by atoms with Crippen LogP contribution in [0.4, 0.5) is 5.82 Å². The SMILES string of the molecule is Nc1nccn2c(C3CCC4CCC(=O)N4C3)nc(Br)c12. The zero-order chi connectivity index (χ0) is 14.6. The molecule has 2 N–H and O–H groups in total. The summed E-state index contributed by atoms with van der Waals surface area (Å²) in [6, 6.07) is 0.440. The fraction of sp³-hybridized carbons (Fsp3) is 0.500. The maximum atomic E-state index is 12.0. The Bertz CT molecular complexity index is 727. The third-order valence-electron chi connectivity index (χ3n) is 4.65. The number of anilines is 1. The van der Waals surface area contributed by atoms with Crippen molar-refractivity contribution in [3.05, 3.63) is 22.8 Å². The number of carbonyl (C=O) groups excluding carboxylic acids is 1. The highest BCUT2D eigenvalue weighted by molar-refractivity contribution is 9.10. The van der Waals surface area contributed by atoms with Crippen molar-refractivity contribution >= 4 is 33.2 Å². The number of carbonyl (C=O) groups is 1. The second kappa shape index (κ2) is 4.69. The molecular weight excluding hydrogens is 334 g/mol. The van der Waals surface area contributed by atoms with E-state index in [0.29, 0.717) is 18.3 Å². The van der Waals surface area contributed by atoms with Crippen LogP contribution in [0.5, 0.6) is 0 Å². The van der Waals surface area contributed by atoms with Crippen molar-refractivity contribution in [3.63, 3.8) is 0 Å². The highest BCUT2D eigenvalue weighted by Crippen LogP contribution is 2.36. The van der Waals surface area contributed by atoms with E-state index < -0.39 is 0 Å². The molecule has 0 saturated carbocycles. The summed E-state index contributed by atoms with van der Waals surface area (Å²) in [5.41, 5.74) is 6.75. The van der Waals surface area contributed by atoms with Gasteiger partial charge in [-0.1, -0.05) is 0 Å². The van der Waals surface area contributed by atoms with Crippen LogP contribution in [0.1, 0.15) is 37.4 Å². The first-order chi connectivity index (χ1) is 10.1. The van der Waals surface area contributed by atoms with Crippen LogP contribution >= 0.6 is 15.9 Å². The lowest BCUT2D eigenvalue weighted by atomic mass is 9.93. The van der Waals surface area contributed by atoms with Crippen LogP contribution in [0.3, 0.4) is 0 Å². The molecule has 1 amide bonds. The zero-order valence-electron chi connectivity index (χ0n) is 11.5. The standard InChI is InChI=1S/C14H16BrN5O/c15-12-11-13(16)17-5-6-19(11)14(18-12)8-1-2-9-3-4-10(21)20(9)7-8/h5-6,8-9H,1-4,7H2,(H2,16,17). The van der Waals surface area contributed by atoms with Crippen LogP contribution in [0.2, 0.25) is 0 Å². The number of nitrogens with two attached hydrogens (primary N) is 1. The summed E-state index contributed by atoms with van der Waals surface area (Å²) in [4.78, 5) is 22.8. The van der Waals surface area contributed by atoms with E-state index in [1.165, 1.54) is 0 Å². The van der Waals surface area contributed by atoms with Crippen molar-refractivity contribution in [2.45, 2.75) is 37.6 Å². The topological polar surface area (TPSA) is 76.5 Å². The van der Waals surface area contributed by atoms with Crippen LogP contribution in [0.25, 0.3) is 5.52 Å². The third-order valence-corrected chi connectivity index (χ3v) is 5.20. The van der Waals surface area contributed by atoms with Crippen molar-refractivity contribution in [2.24, 2.45) is 0 Å². The van der Waals surface area contributed by atoms with Gasteiger partial charge >= 0.3 is 0 Å². The Morgan fingerprint density at radius 2 is 2.19 bits per heavy atom. The van der Waals surface area contributed by atoms with E-state index in [4.69, 9.17) is 5.73 Å². The zero-order valence-corrected chi connectivity index (χ0v) is 13.1. The Morgan fingerprint density at radius 3 is 3.05 bits per heavy atom.